The smallest absolute Gasteiger partial charge is 0.320 e. The van der Waals surface area contributed by atoms with Crippen LogP contribution >= 0.6 is 0 Å². The Morgan fingerprint density at radius 1 is 1.53 bits per heavy atom. The molecule has 5 heteroatoms. The molecule has 2 N–H and O–H groups in total. The first kappa shape index (κ1) is 12.0. The average Bonchev–Trinajstić information content (AvgIpc) is 2.96. The van der Waals surface area contributed by atoms with Gasteiger partial charge in [-0.1, -0.05) is 0 Å². The van der Waals surface area contributed by atoms with E-state index in [2.05, 4.69) is 5.32 Å². The first-order valence-corrected chi connectivity index (χ1v) is 5.20. The van der Waals surface area contributed by atoms with Crippen LogP contribution in [0.15, 0.2) is 0 Å². The summed E-state index contributed by atoms with van der Waals surface area (Å²) in [5, 5.41) is 11.5. The van der Waals surface area contributed by atoms with Gasteiger partial charge in [0.1, 0.15) is 6.04 Å². The van der Waals surface area contributed by atoms with Crippen molar-refractivity contribution in [1.82, 2.24) is 10.2 Å². The lowest BCUT2D eigenvalue weighted by atomic mass is 10.3. The van der Waals surface area contributed by atoms with Gasteiger partial charge in [0, 0.05) is 6.54 Å². The van der Waals surface area contributed by atoms with Gasteiger partial charge < -0.3 is 10.4 Å². The molecule has 1 saturated carbocycles. The molecule has 0 aromatic carbocycles. The Morgan fingerprint density at radius 2 is 2.13 bits per heavy atom. The molecule has 0 radical (unpaired) electrons. The Hall–Kier alpha value is -1.10. The molecule has 0 aromatic rings. The van der Waals surface area contributed by atoms with Crippen LogP contribution in [-0.4, -0.2) is 48.1 Å². The molecule has 0 saturated heterocycles. The number of nitrogens with one attached hydrogen (secondary N) is 1. The third kappa shape index (κ3) is 4.29. The third-order valence-corrected chi connectivity index (χ3v) is 2.70. The van der Waals surface area contributed by atoms with Gasteiger partial charge in [0.25, 0.3) is 0 Å². The van der Waals surface area contributed by atoms with Crippen LogP contribution < -0.4 is 5.32 Å². The number of aliphatic carboxylic acids is 1. The molecule has 1 unspecified atom stereocenters. The van der Waals surface area contributed by atoms with Gasteiger partial charge in [-0.15, -0.1) is 0 Å². The fourth-order valence-corrected chi connectivity index (χ4v) is 1.19. The highest BCUT2D eigenvalue weighted by Gasteiger charge is 2.23. The minimum Gasteiger partial charge on any atom is -0.480 e. The van der Waals surface area contributed by atoms with Gasteiger partial charge in [0.05, 0.1) is 6.54 Å². The summed E-state index contributed by atoms with van der Waals surface area (Å²) in [7, 11) is 1.63. The van der Waals surface area contributed by atoms with Crippen LogP contribution in [0.2, 0.25) is 0 Å². The zero-order valence-electron chi connectivity index (χ0n) is 9.19. The quantitative estimate of drug-likeness (QED) is 0.648. The van der Waals surface area contributed by atoms with Crippen LogP contribution in [0.1, 0.15) is 19.8 Å². The van der Waals surface area contributed by atoms with Crippen molar-refractivity contribution in [1.29, 1.82) is 0 Å². The van der Waals surface area contributed by atoms with Crippen molar-refractivity contribution in [2.24, 2.45) is 5.92 Å². The number of carbonyl (C=O) groups excluding carboxylic acids is 1. The lowest BCUT2D eigenvalue weighted by Crippen LogP contribution is -2.43. The van der Waals surface area contributed by atoms with Crippen molar-refractivity contribution < 1.29 is 14.7 Å². The van der Waals surface area contributed by atoms with E-state index in [0.29, 0.717) is 5.92 Å². The second kappa shape index (κ2) is 5.11. The Labute approximate surface area is 89.4 Å². The van der Waals surface area contributed by atoms with Crippen molar-refractivity contribution >= 4 is 11.9 Å². The molecule has 1 aliphatic carbocycles. The molecule has 5 nitrogen and oxygen atoms in total. The molecule has 0 aromatic heterocycles. The SMILES string of the molecule is CC(C(=O)O)N(C)CC(=O)NCC1CC1. The van der Waals surface area contributed by atoms with Crippen molar-refractivity contribution in [3.63, 3.8) is 0 Å². The van der Waals surface area contributed by atoms with Gasteiger partial charge in [-0.05, 0) is 32.7 Å². The van der Waals surface area contributed by atoms with Crippen LogP contribution in [0.4, 0.5) is 0 Å². The topological polar surface area (TPSA) is 69.6 Å². The van der Waals surface area contributed by atoms with E-state index in [1.165, 1.54) is 17.7 Å². The Bertz CT molecular complexity index is 251. The van der Waals surface area contributed by atoms with Crippen LogP contribution in [0.25, 0.3) is 0 Å². The lowest BCUT2D eigenvalue weighted by Gasteiger charge is -2.20. The standard InChI is InChI=1S/C10H18N2O3/c1-7(10(14)15)12(2)6-9(13)11-5-8-3-4-8/h7-8H,3-6H2,1-2H3,(H,11,13)(H,14,15). The van der Waals surface area contributed by atoms with Crippen LogP contribution in [0.3, 0.4) is 0 Å². The van der Waals surface area contributed by atoms with E-state index in [0.717, 1.165) is 6.54 Å². The molecular weight excluding hydrogens is 196 g/mol. The summed E-state index contributed by atoms with van der Waals surface area (Å²) in [6.07, 6.45) is 2.39. The number of carbonyl (C=O) groups is 2. The second-order valence-electron chi connectivity index (χ2n) is 4.18. The first-order valence-electron chi connectivity index (χ1n) is 5.20. The largest absolute Gasteiger partial charge is 0.480 e. The Balaban J connectivity index is 2.20. The van der Waals surface area contributed by atoms with E-state index >= 15 is 0 Å². The molecular formula is C10H18N2O3. The summed E-state index contributed by atoms with van der Waals surface area (Å²) < 4.78 is 0. The summed E-state index contributed by atoms with van der Waals surface area (Å²) in [4.78, 5) is 23.5. The van der Waals surface area contributed by atoms with Gasteiger partial charge in [0.15, 0.2) is 0 Å². The average molecular weight is 214 g/mol. The predicted octanol–water partition coefficient (Wildman–Crippen LogP) is -0.0825. The monoisotopic (exact) mass is 214 g/mol. The molecule has 0 spiro atoms. The molecule has 1 aliphatic rings. The predicted molar refractivity (Wildman–Crippen MR) is 55.5 cm³/mol. The molecule has 15 heavy (non-hydrogen) atoms. The molecule has 0 aliphatic heterocycles. The zero-order valence-corrected chi connectivity index (χ0v) is 9.19. The van der Waals surface area contributed by atoms with Gasteiger partial charge in [-0.3, -0.25) is 14.5 Å². The number of carboxylic acid groups (broad SMARTS) is 1. The third-order valence-electron chi connectivity index (χ3n) is 2.70. The van der Waals surface area contributed by atoms with Gasteiger partial charge in [-0.25, -0.2) is 0 Å². The fraction of sp³-hybridized carbons (Fsp3) is 0.800. The molecule has 86 valence electrons. The summed E-state index contributed by atoms with van der Waals surface area (Å²) in [6, 6.07) is -0.628. The summed E-state index contributed by atoms with van der Waals surface area (Å²) in [6.45, 7) is 2.44. The first-order chi connectivity index (χ1) is 7.00. The minimum absolute atomic E-state index is 0.0995. The fourth-order valence-electron chi connectivity index (χ4n) is 1.19. The molecule has 0 bridgehead atoms. The summed E-state index contributed by atoms with van der Waals surface area (Å²) >= 11 is 0. The Kier molecular flexibility index (Phi) is 4.08. The summed E-state index contributed by atoms with van der Waals surface area (Å²) in [5.74, 6) is -0.360. The van der Waals surface area contributed by atoms with Crippen LogP contribution in [0, 0.1) is 5.92 Å². The highest BCUT2D eigenvalue weighted by atomic mass is 16.4. The number of hydrogen-bond acceptors (Lipinski definition) is 3. The van der Waals surface area contributed by atoms with Crippen molar-refractivity contribution in [3.8, 4) is 0 Å². The van der Waals surface area contributed by atoms with E-state index in [1.54, 1.807) is 14.0 Å². The molecule has 1 rings (SSSR count). The number of nitrogens with zero attached hydrogens (tertiary/aromatic N) is 1. The lowest BCUT2D eigenvalue weighted by molar-refractivity contribution is -0.142. The normalized spacial score (nSPS) is 17.5. The van der Waals surface area contributed by atoms with E-state index < -0.39 is 12.0 Å². The summed E-state index contributed by atoms with van der Waals surface area (Å²) in [5.41, 5.74) is 0. The highest BCUT2D eigenvalue weighted by molar-refractivity contribution is 5.79. The number of carboxylic acids is 1. The number of amides is 1. The zero-order chi connectivity index (χ0) is 11.4. The van der Waals surface area contributed by atoms with Gasteiger partial charge >= 0.3 is 5.97 Å². The van der Waals surface area contributed by atoms with E-state index in [9.17, 15) is 9.59 Å². The van der Waals surface area contributed by atoms with Crippen molar-refractivity contribution in [2.75, 3.05) is 20.1 Å². The van der Waals surface area contributed by atoms with Crippen molar-refractivity contribution in [3.05, 3.63) is 0 Å². The molecule has 1 fully saturated rings. The van der Waals surface area contributed by atoms with Crippen LogP contribution in [-0.2, 0) is 9.59 Å². The van der Waals surface area contributed by atoms with Gasteiger partial charge in [0.2, 0.25) is 5.91 Å². The van der Waals surface area contributed by atoms with Crippen LogP contribution in [0.5, 0.6) is 0 Å². The van der Waals surface area contributed by atoms with E-state index in [-0.39, 0.29) is 12.5 Å². The van der Waals surface area contributed by atoms with E-state index in [1.807, 2.05) is 0 Å². The minimum atomic E-state index is -0.910. The maximum atomic E-state index is 11.4. The maximum absolute atomic E-state index is 11.4. The maximum Gasteiger partial charge on any atom is 0.320 e. The highest BCUT2D eigenvalue weighted by Crippen LogP contribution is 2.27. The Morgan fingerprint density at radius 3 is 2.60 bits per heavy atom. The number of hydrogen-bond donors (Lipinski definition) is 2. The van der Waals surface area contributed by atoms with Crippen molar-refractivity contribution in [2.45, 2.75) is 25.8 Å². The van der Waals surface area contributed by atoms with Gasteiger partial charge in [-0.2, -0.15) is 0 Å². The number of rotatable bonds is 6. The second-order valence-corrected chi connectivity index (χ2v) is 4.18. The number of likely N-dealkylation sites (N-methyl/N-ethyl adjacent to an activating group) is 1. The molecule has 1 atom stereocenters. The molecule has 1 amide bonds. The van der Waals surface area contributed by atoms with E-state index in [4.69, 9.17) is 5.11 Å². The molecule has 0 heterocycles.